The molecule has 0 saturated carbocycles. The van der Waals surface area contributed by atoms with E-state index in [4.69, 9.17) is 0 Å². The van der Waals surface area contributed by atoms with Gasteiger partial charge in [-0.3, -0.25) is 10.1 Å². The number of nitro groups is 1. The minimum absolute atomic E-state index is 0.0721. The summed E-state index contributed by atoms with van der Waals surface area (Å²) in [6.45, 7) is 2.04. The van der Waals surface area contributed by atoms with Crippen molar-refractivity contribution >= 4 is 22.4 Å². The Hall–Kier alpha value is -3.09. The number of hydrogen-bond acceptors (Lipinski definition) is 5. The van der Waals surface area contributed by atoms with Crippen LogP contribution >= 0.6 is 0 Å². The van der Waals surface area contributed by atoms with Crippen LogP contribution in [0.3, 0.4) is 0 Å². The molecule has 6 nitrogen and oxygen atoms in total. The molecule has 3 aromatic rings. The normalized spacial score (nSPS) is 10.7. The van der Waals surface area contributed by atoms with Crippen molar-refractivity contribution in [3.8, 4) is 0 Å². The molecule has 7 heteroatoms. The minimum atomic E-state index is -0.417. The van der Waals surface area contributed by atoms with Crippen LogP contribution in [0.5, 0.6) is 0 Å². The smallest absolute Gasteiger partial charge is 0.272 e. The Morgan fingerprint density at radius 2 is 2.00 bits per heavy atom. The predicted octanol–water partition coefficient (Wildman–Crippen LogP) is 3.60. The van der Waals surface area contributed by atoms with Crippen LogP contribution in [0.1, 0.15) is 11.1 Å². The van der Waals surface area contributed by atoms with Crippen LogP contribution in [-0.2, 0) is 6.54 Å². The van der Waals surface area contributed by atoms with Crippen molar-refractivity contribution in [1.29, 1.82) is 0 Å². The molecule has 0 amide bonds. The zero-order chi connectivity index (χ0) is 16.4. The lowest BCUT2D eigenvalue weighted by Crippen LogP contribution is -2.05. The molecule has 0 unspecified atom stereocenters. The second-order valence-corrected chi connectivity index (χ2v) is 5.03. The lowest BCUT2D eigenvalue weighted by molar-refractivity contribution is -0.385. The number of anilines is 1. The van der Waals surface area contributed by atoms with Gasteiger partial charge in [0.25, 0.3) is 5.69 Å². The Bertz CT molecular complexity index is 898. The monoisotopic (exact) mass is 312 g/mol. The summed E-state index contributed by atoms with van der Waals surface area (Å²) < 4.78 is 13.7. The summed E-state index contributed by atoms with van der Waals surface area (Å²) in [5.41, 5.74) is 1.68. The Balaban J connectivity index is 1.92. The van der Waals surface area contributed by atoms with Crippen LogP contribution in [0.25, 0.3) is 10.9 Å². The number of nitrogens with zero attached hydrogens (tertiary/aromatic N) is 3. The first kappa shape index (κ1) is 14.8. The van der Waals surface area contributed by atoms with Crippen LogP contribution in [0.15, 0.2) is 42.7 Å². The molecule has 0 fully saturated rings. The topological polar surface area (TPSA) is 81.0 Å². The molecule has 1 heterocycles. The van der Waals surface area contributed by atoms with Gasteiger partial charge < -0.3 is 5.32 Å². The fraction of sp³-hybridized carbons (Fsp3) is 0.125. The first-order chi connectivity index (χ1) is 11.1. The third-order valence-corrected chi connectivity index (χ3v) is 3.68. The Morgan fingerprint density at radius 3 is 2.78 bits per heavy atom. The summed E-state index contributed by atoms with van der Waals surface area (Å²) in [7, 11) is 0. The highest BCUT2D eigenvalue weighted by Crippen LogP contribution is 2.24. The molecule has 1 N–H and O–H groups in total. The highest BCUT2D eigenvalue weighted by atomic mass is 19.1. The van der Waals surface area contributed by atoms with Crippen molar-refractivity contribution in [3.05, 3.63) is 69.8 Å². The molecule has 2 aromatic carbocycles. The largest absolute Gasteiger partial charge is 0.365 e. The zero-order valence-corrected chi connectivity index (χ0v) is 12.3. The van der Waals surface area contributed by atoms with Crippen LogP contribution < -0.4 is 5.32 Å². The van der Waals surface area contributed by atoms with Gasteiger partial charge in [-0.1, -0.05) is 18.2 Å². The molecule has 0 bridgehead atoms. The second-order valence-electron chi connectivity index (χ2n) is 5.03. The fourth-order valence-electron chi connectivity index (χ4n) is 2.43. The van der Waals surface area contributed by atoms with Crippen molar-refractivity contribution in [2.24, 2.45) is 0 Å². The van der Waals surface area contributed by atoms with Gasteiger partial charge in [-0.2, -0.15) is 0 Å². The van der Waals surface area contributed by atoms with Gasteiger partial charge in [0.05, 0.1) is 4.92 Å². The molecule has 116 valence electrons. The van der Waals surface area contributed by atoms with E-state index in [-0.39, 0.29) is 11.2 Å². The van der Waals surface area contributed by atoms with Gasteiger partial charge in [0, 0.05) is 23.6 Å². The van der Waals surface area contributed by atoms with E-state index in [9.17, 15) is 14.5 Å². The van der Waals surface area contributed by atoms with E-state index in [1.54, 1.807) is 31.2 Å². The van der Waals surface area contributed by atoms with Gasteiger partial charge in [-0.15, -0.1) is 0 Å². The summed E-state index contributed by atoms with van der Waals surface area (Å²) in [5, 5.41) is 14.6. The van der Waals surface area contributed by atoms with E-state index in [0.29, 0.717) is 23.3 Å². The number of hydrogen-bond donors (Lipinski definition) is 1. The summed E-state index contributed by atoms with van der Waals surface area (Å²) in [6, 6.07) is 9.56. The number of rotatable bonds is 4. The first-order valence-corrected chi connectivity index (χ1v) is 6.94. The maximum atomic E-state index is 13.7. The van der Waals surface area contributed by atoms with Crippen molar-refractivity contribution in [2.75, 3.05) is 5.32 Å². The Morgan fingerprint density at radius 1 is 1.22 bits per heavy atom. The van der Waals surface area contributed by atoms with Gasteiger partial charge in [0.2, 0.25) is 0 Å². The van der Waals surface area contributed by atoms with E-state index in [0.717, 1.165) is 5.56 Å². The van der Waals surface area contributed by atoms with Crippen LogP contribution in [-0.4, -0.2) is 14.9 Å². The van der Waals surface area contributed by atoms with Crippen molar-refractivity contribution < 1.29 is 9.31 Å². The van der Waals surface area contributed by atoms with Gasteiger partial charge >= 0.3 is 0 Å². The Kier molecular flexibility index (Phi) is 3.84. The van der Waals surface area contributed by atoms with Crippen LogP contribution in [0.4, 0.5) is 15.9 Å². The fourth-order valence-corrected chi connectivity index (χ4v) is 2.43. The van der Waals surface area contributed by atoms with E-state index in [1.165, 1.54) is 18.5 Å². The number of nitrogens with one attached hydrogen (secondary N) is 1. The van der Waals surface area contributed by atoms with Gasteiger partial charge in [-0.25, -0.2) is 14.4 Å². The summed E-state index contributed by atoms with van der Waals surface area (Å²) in [5.74, 6) is 0.0693. The molecular formula is C16H13FN4O2. The zero-order valence-electron chi connectivity index (χ0n) is 12.3. The molecule has 0 aliphatic carbocycles. The second kappa shape index (κ2) is 5.96. The minimum Gasteiger partial charge on any atom is -0.365 e. The number of para-hydroxylation sites is 1. The lowest BCUT2D eigenvalue weighted by atomic mass is 10.1. The number of benzene rings is 2. The highest BCUT2D eigenvalue weighted by Gasteiger charge is 2.13. The lowest BCUT2D eigenvalue weighted by Gasteiger charge is -2.10. The quantitative estimate of drug-likeness (QED) is 0.588. The van der Waals surface area contributed by atoms with E-state index >= 15 is 0 Å². The third-order valence-electron chi connectivity index (χ3n) is 3.68. The predicted molar refractivity (Wildman–Crippen MR) is 84.7 cm³/mol. The molecule has 23 heavy (non-hydrogen) atoms. The molecule has 0 spiro atoms. The Labute approximate surface area is 131 Å². The number of fused-ring (bicyclic) bond motifs is 1. The van der Waals surface area contributed by atoms with Crippen LogP contribution in [0, 0.1) is 22.9 Å². The molecule has 0 saturated heterocycles. The number of nitro benzene ring substituents is 1. The molecular weight excluding hydrogens is 299 g/mol. The average molecular weight is 312 g/mol. The molecule has 0 aliphatic rings. The number of halogens is 1. The molecule has 1 aromatic heterocycles. The van der Waals surface area contributed by atoms with Gasteiger partial charge in [-0.05, 0) is 24.6 Å². The third kappa shape index (κ3) is 2.80. The van der Waals surface area contributed by atoms with E-state index < -0.39 is 10.7 Å². The summed E-state index contributed by atoms with van der Waals surface area (Å²) in [4.78, 5) is 18.6. The summed E-state index contributed by atoms with van der Waals surface area (Å²) in [6.07, 6.45) is 1.29. The molecule has 3 rings (SSSR count). The van der Waals surface area contributed by atoms with Crippen molar-refractivity contribution in [1.82, 2.24) is 9.97 Å². The highest BCUT2D eigenvalue weighted by molar-refractivity contribution is 5.89. The van der Waals surface area contributed by atoms with Gasteiger partial charge in [0.15, 0.2) is 0 Å². The van der Waals surface area contributed by atoms with Crippen molar-refractivity contribution in [2.45, 2.75) is 13.5 Å². The maximum Gasteiger partial charge on any atom is 0.272 e. The molecule has 0 aliphatic heterocycles. The standard InChI is InChI=1S/C16H13FN4O2/c1-10-11(4-2-7-14(10)21(22)23)8-18-16-12-5-3-6-13(17)15(12)19-9-20-16/h2-7,9H,8H2,1H3,(H,18,19,20). The van der Waals surface area contributed by atoms with Crippen molar-refractivity contribution in [3.63, 3.8) is 0 Å². The van der Waals surface area contributed by atoms with Gasteiger partial charge in [0.1, 0.15) is 23.5 Å². The SMILES string of the molecule is Cc1c(CNc2ncnc3c(F)cccc23)cccc1[N+](=O)[O-]. The van der Waals surface area contributed by atoms with E-state index in [1.807, 2.05) is 0 Å². The molecule has 0 atom stereocenters. The summed E-state index contributed by atoms with van der Waals surface area (Å²) >= 11 is 0. The number of aromatic nitrogens is 2. The maximum absolute atomic E-state index is 13.7. The van der Waals surface area contributed by atoms with Crippen LogP contribution in [0.2, 0.25) is 0 Å². The average Bonchev–Trinajstić information content (AvgIpc) is 2.54. The van der Waals surface area contributed by atoms with E-state index in [2.05, 4.69) is 15.3 Å². The first-order valence-electron chi connectivity index (χ1n) is 6.94. The molecule has 0 radical (unpaired) electrons.